The average Bonchev–Trinajstić information content (AvgIpc) is 2.58. The number of likely N-dealkylation sites (tertiary alicyclic amines) is 1. The molecule has 1 saturated heterocycles. The Morgan fingerprint density at radius 3 is 2.38 bits per heavy atom. The van der Waals surface area contributed by atoms with Crippen molar-refractivity contribution in [2.45, 2.75) is 46.1 Å². The van der Waals surface area contributed by atoms with Crippen LogP contribution in [0.1, 0.15) is 51.6 Å². The second-order valence-corrected chi connectivity index (χ2v) is 8.46. The summed E-state index contributed by atoms with van der Waals surface area (Å²) in [5.74, 6) is 0. The highest BCUT2D eigenvalue weighted by Crippen LogP contribution is 2.24. The van der Waals surface area contributed by atoms with Crippen LogP contribution in [0.15, 0.2) is 42.5 Å². The van der Waals surface area contributed by atoms with E-state index in [1.54, 1.807) is 0 Å². The van der Waals surface area contributed by atoms with Crippen LogP contribution >= 0.6 is 0 Å². The molecule has 0 aliphatic carbocycles. The van der Waals surface area contributed by atoms with Gasteiger partial charge in [-0.15, -0.1) is 0 Å². The van der Waals surface area contributed by atoms with Gasteiger partial charge in [0.15, 0.2) is 0 Å². The highest BCUT2D eigenvalue weighted by Gasteiger charge is 2.20. The van der Waals surface area contributed by atoms with Crippen LogP contribution in [0.25, 0.3) is 10.8 Å². The molecule has 1 N–H and O–H groups in total. The SMILES string of the molecule is CC(C)(C)CN[C@@H](CN1CCCCC1)c1ccc2ccccc2c1. The number of fused-ring (bicyclic) bond motifs is 1. The van der Waals surface area contributed by atoms with Crippen LogP contribution < -0.4 is 5.32 Å². The first-order valence-electron chi connectivity index (χ1n) is 9.46. The third-order valence-corrected chi connectivity index (χ3v) is 4.94. The van der Waals surface area contributed by atoms with E-state index >= 15 is 0 Å². The Labute approximate surface area is 147 Å². The molecule has 1 aliphatic rings. The molecular weight excluding hydrogens is 292 g/mol. The van der Waals surface area contributed by atoms with Crippen LogP contribution in [0.3, 0.4) is 0 Å². The van der Waals surface area contributed by atoms with E-state index in [0.717, 1.165) is 13.1 Å². The van der Waals surface area contributed by atoms with Crippen LogP contribution in [0, 0.1) is 5.41 Å². The third kappa shape index (κ3) is 4.81. The smallest absolute Gasteiger partial charge is 0.0449 e. The molecule has 0 amide bonds. The van der Waals surface area contributed by atoms with Crippen molar-refractivity contribution in [3.63, 3.8) is 0 Å². The molecule has 0 saturated carbocycles. The lowest BCUT2D eigenvalue weighted by atomic mass is 9.95. The maximum Gasteiger partial charge on any atom is 0.0449 e. The second kappa shape index (κ2) is 7.67. The summed E-state index contributed by atoms with van der Waals surface area (Å²) in [7, 11) is 0. The highest BCUT2D eigenvalue weighted by molar-refractivity contribution is 5.83. The minimum absolute atomic E-state index is 0.303. The number of hydrogen-bond acceptors (Lipinski definition) is 2. The fraction of sp³-hybridized carbons (Fsp3) is 0.545. The van der Waals surface area contributed by atoms with Crippen molar-refractivity contribution in [1.29, 1.82) is 0 Å². The highest BCUT2D eigenvalue weighted by atomic mass is 15.2. The standard InChI is InChI=1S/C22H32N2/c1-22(2,3)17-23-21(16-24-13-7-4-8-14-24)20-12-11-18-9-5-6-10-19(18)15-20/h5-6,9-12,15,21,23H,4,7-8,13-14,16-17H2,1-3H3/t21-/m0/s1. The summed E-state index contributed by atoms with van der Waals surface area (Å²) < 4.78 is 0. The van der Waals surface area contributed by atoms with Crippen molar-refractivity contribution in [1.82, 2.24) is 10.2 Å². The third-order valence-electron chi connectivity index (χ3n) is 4.94. The Morgan fingerprint density at radius 1 is 0.958 bits per heavy atom. The summed E-state index contributed by atoms with van der Waals surface area (Å²) in [4.78, 5) is 2.64. The molecule has 0 bridgehead atoms. The Morgan fingerprint density at radius 2 is 1.67 bits per heavy atom. The normalized spacial score (nSPS) is 18.0. The van der Waals surface area contributed by atoms with Gasteiger partial charge in [-0.1, -0.05) is 63.6 Å². The molecule has 24 heavy (non-hydrogen) atoms. The van der Waals surface area contributed by atoms with Crippen molar-refractivity contribution >= 4 is 10.8 Å². The summed E-state index contributed by atoms with van der Waals surface area (Å²) in [5, 5.41) is 6.52. The molecule has 0 aromatic heterocycles. The zero-order valence-corrected chi connectivity index (χ0v) is 15.5. The number of benzene rings is 2. The number of hydrogen-bond donors (Lipinski definition) is 1. The lowest BCUT2D eigenvalue weighted by Crippen LogP contribution is -2.40. The van der Waals surface area contributed by atoms with Gasteiger partial charge in [0.2, 0.25) is 0 Å². The summed E-state index contributed by atoms with van der Waals surface area (Å²) in [6.07, 6.45) is 4.10. The lowest BCUT2D eigenvalue weighted by Gasteiger charge is -2.33. The van der Waals surface area contributed by atoms with Gasteiger partial charge in [-0.3, -0.25) is 0 Å². The molecule has 1 atom stereocenters. The van der Waals surface area contributed by atoms with E-state index < -0.39 is 0 Å². The first-order chi connectivity index (χ1) is 11.5. The first-order valence-corrected chi connectivity index (χ1v) is 9.46. The van der Waals surface area contributed by atoms with Crippen molar-refractivity contribution in [3.05, 3.63) is 48.0 Å². The molecule has 0 spiro atoms. The van der Waals surface area contributed by atoms with Gasteiger partial charge < -0.3 is 10.2 Å². The van der Waals surface area contributed by atoms with E-state index in [9.17, 15) is 0 Å². The van der Waals surface area contributed by atoms with Crippen LogP contribution in [0.4, 0.5) is 0 Å². The van der Waals surface area contributed by atoms with Gasteiger partial charge in [0, 0.05) is 19.1 Å². The Bertz CT molecular complexity index is 650. The van der Waals surface area contributed by atoms with E-state index in [1.807, 2.05) is 0 Å². The van der Waals surface area contributed by atoms with E-state index in [4.69, 9.17) is 0 Å². The van der Waals surface area contributed by atoms with Crippen molar-refractivity contribution in [2.75, 3.05) is 26.2 Å². The van der Waals surface area contributed by atoms with E-state index in [0.29, 0.717) is 11.5 Å². The Hall–Kier alpha value is -1.38. The van der Waals surface area contributed by atoms with Gasteiger partial charge in [-0.25, -0.2) is 0 Å². The molecule has 0 unspecified atom stereocenters. The van der Waals surface area contributed by atoms with Crippen molar-refractivity contribution in [2.24, 2.45) is 5.41 Å². The van der Waals surface area contributed by atoms with E-state index in [1.165, 1.54) is 48.7 Å². The minimum Gasteiger partial charge on any atom is -0.308 e. The first kappa shape index (κ1) is 17.4. The zero-order valence-electron chi connectivity index (χ0n) is 15.5. The summed E-state index contributed by atoms with van der Waals surface area (Å²) in [6.45, 7) is 11.6. The maximum absolute atomic E-state index is 3.85. The largest absolute Gasteiger partial charge is 0.308 e. The van der Waals surface area contributed by atoms with E-state index in [2.05, 4.69) is 73.5 Å². The van der Waals surface area contributed by atoms with Gasteiger partial charge in [0.05, 0.1) is 0 Å². The van der Waals surface area contributed by atoms with Crippen LogP contribution in [0.2, 0.25) is 0 Å². The number of rotatable bonds is 5. The molecule has 3 rings (SSSR count). The Balaban J connectivity index is 1.80. The second-order valence-electron chi connectivity index (χ2n) is 8.46. The Kier molecular flexibility index (Phi) is 5.57. The molecule has 2 nitrogen and oxygen atoms in total. The molecule has 1 fully saturated rings. The molecule has 1 heterocycles. The predicted molar refractivity (Wildman–Crippen MR) is 104 cm³/mol. The fourth-order valence-electron chi connectivity index (χ4n) is 3.54. The quantitative estimate of drug-likeness (QED) is 0.832. The average molecular weight is 325 g/mol. The number of nitrogens with zero attached hydrogens (tertiary/aromatic N) is 1. The van der Waals surface area contributed by atoms with Gasteiger partial charge in [-0.2, -0.15) is 0 Å². The maximum atomic E-state index is 3.85. The molecule has 130 valence electrons. The number of piperidine rings is 1. The molecule has 2 aromatic carbocycles. The fourth-order valence-corrected chi connectivity index (χ4v) is 3.54. The van der Waals surface area contributed by atoms with Gasteiger partial charge >= 0.3 is 0 Å². The molecule has 0 radical (unpaired) electrons. The number of nitrogens with one attached hydrogen (secondary N) is 1. The topological polar surface area (TPSA) is 15.3 Å². The summed E-state index contributed by atoms with van der Waals surface area (Å²) >= 11 is 0. The zero-order chi connectivity index (χ0) is 17.0. The molecule has 1 aliphatic heterocycles. The van der Waals surface area contributed by atoms with E-state index in [-0.39, 0.29) is 0 Å². The minimum atomic E-state index is 0.303. The van der Waals surface area contributed by atoms with Gasteiger partial charge in [0.1, 0.15) is 0 Å². The monoisotopic (exact) mass is 324 g/mol. The lowest BCUT2D eigenvalue weighted by molar-refractivity contribution is 0.199. The van der Waals surface area contributed by atoms with Gasteiger partial charge in [-0.05, 0) is 53.7 Å². The predicted octanol–water partition coefficient (Wildman–Crippen LogP) is 5.00. The molecule has 2 aromatic rings. The van der Waals surface area contributed by atoms with Crippen LogP contribution in [0.5, 0.6) is 0 Å². The van der Waals surface area contributed by atoms with Crippen molar-refractivity contribution < 1.29 is 0 Å². The summed E-state index contributed by atoms with van der Waals surface area (Å²) in [6, 6.07) is 16.0. The molecule has 2 heteroatoms. The summed E-state index contributed by atoms with van der Waals surface area (Å²) in [5.41, 5.74) is 1.72. The van der Waals surface area contributed by atoms with Gasteiger partial charge in [0.25, 0.3) is 0 Å². The molecular formula is C22H32N2. The van der Waals surface area contributed by atoms with Crippen LogP contribution in [-0.2, 0) is 0 Å². The van der Waals surface area contributed by atoms with Crippen LogP contribution in [-0.4, -0.2) is 31.1 Å². The van der Waals surface area contributed by atoms with Crippen molar-refractivity contribution in [3.8, 4) is 0 Å².